The zero-order chi connectivity index (χ0) is 7.98. The summed E-state index contributed by atoms with van der Waals surface area (Å²) in [6.45, 7) is 4.25. The van der Waals surface area contributed by atoms with Gasteiger partial charge in [-0.05, 0) is 11.4 Å². The summed E-state index contributed by atoms with van der Waals surface area (Å²) in [4.78, 5) is 0. The molecule has 1 aromatic heterocycles. The summed E-state index contributed by atoms with van der Waals surface area (Å²) in [7, 11) is 0. The third-order valence-corrected chi connectivity index (χ3v) is 1.49. The number of rotatable bonds is 0. The molecule has 1 aromatic rings. The summed E-state index contributed by atoms with van der Waals surface area (Å²) in [5, 5.41) is 2.57. The molecule has 4 N–H and O–H groups in total. The van der Waals surface area contributed by atoms with Gasteiger partial charge < -0.3 is 11.5 Å². The molecule has 10 heavy (non-hydrogen) atoms. The average Bonchev–Trinajstić information content (AvgIpc) is 2.19. The van der Waals surface area contributed by atoms with Crippen molar-refractivity contribution < 1.29 is 0 Å². The summed E-state index contributed by atoms with van der Waals surface area (Å²) < 4.78 is 0. The lowest BCUT2D eigenvalue weighted by atomic mass is 10.5. The predicted molar refractivity (Wildman–Crippen MR) is 49.1 cm³/mol. The Bertz CT molecular complexity index is 155. The summed E-state index contributed by atoms with van der Waals surface area (Å²) in [6, 6.07) is 1.79. The van der Waals surface area contributed by atoms with Crippen LogP contribution in [-0.2, 0) is 0 Å². The zero-order valence-electron chi connectivity index (χ0n) is 6.42. The van der Waals surface area contributed by atoms with E-state index >= 15 is 0 Å². The molecular formula is C7H14N2S. The van der Waals surface area contributed by atoms with Gasteiger partial charge in [0.25, 0.3) is 0 Å². The molecule has 0 saturated heterocycles. The maximum absolute atomic E-state index is 5.33. The Morgan fingerprint density at radius 1 is 1.40 bits per heavy atom. The van der Waals surface area contributed by atoms with Gasteiger partial charge in [-0.1, -0.05) is 20.3 Å². The minimum Gasteiger partial charge on any atom is -0.396 e. The molecular weight excluding hydrogens is 144 g/mol. The highest BCUT2D eigenvalue weighted by atomic mass is 32.1. The van der Waals surface area contributed by atoms with E-state index in [-0.39, 0.29) is 0 Å². The van der Waals surface area contributed by atoms with Gasteiger partial charge in [0, 0.05) is 0 Å². The molecule has 0 bridgehead atoms. The lowest BCUT2D eigenvalue weighted by Gasteiger charge is -1.81. The first-order valence-electron chi connectivity index (χ1n) is 3.30. The van der Waals surface area contributed by atoms with E-state index in [2.05, 4.69) is 13.8 Å². The Labute approximate surface area is 65.9 Å². The fourth-order valence-electron chi connectivity index (χ4n) is 0.331. The van der Waals surface area contributed by atoms with Crippen molar-refractivity contribution in [3.05, 3.63) is 11.4 Å². The van der Waals surface area contributed by atoms with Crippen LogP contribution in [0.2, 0.25) is 0 Å². The first kappa shape index (κ1) is 9.30. The molecule has 2 nitrogen and oxygen atoms in total. The van der Waals surface area contributed by atoms with E-state index in [4.69, 9.17) is 11.5 Å². The Morgan fingerprint density at radius 2 is 1.90 bits per heavy atom. The van der Waals surface area contributed by atoms with Gasteiger partial charge in [0.1, 0.15) is 5.00 Å². The highest BCUT2D eigenvalue weighted by Gasteiger charge is 1.88. The Balaban J connectivity index is 0.000000236. The van der Waals surface area contributed by atoms with Crippen molar-refractivity contribution in [2.45, 2.75) is 20.3 Å². The van der Waals surface area contributed by atoms with E-state index in [1.54, 1.807) is 6.07 Å². The maximum Gasteiger partial charge on any atom is 0.109 e. The van der Waals surface area contributed by atoms with Gasteiger partial charge in [-0.3, -0.25) is 0 Å². The van der Waals surface area contributed by atoms with Crippen molar-refractivity contribution >= 4 is 22.0 Å². The fourth-order valence-corrected chi connectivity index (χ4v) is 0.896. The van der Waals surface area contributed by atoms with E-state index in [1.165, 1.54) is 17.8 Å². The number of hydrogen-bond donors (Lipinski definition) is 2. The molecule has 0 spiro atoms. The summed E-state index contributed by atoms with van der Waals surface area (Å²) in [5.41, 5.74) is 11.3. The van der Waals surface area contributed by atoms with E-state index in [1.807, 2.05) is 5.38 Å². The number of nitrogen functional groups attached to an aromatic ring is 2. The molecule has 0 aliphatic carbocycles. The lowest BCUT2D eigenvalue weighted by molar-refractivity contribution is 1.09. The highest BCUT2D eigenvalue weighted by Crippen LogP contribution is 2.19. The molecule has 0 radical (unpaired) electrons. The molecule has 1 heterocycles. The van der Waals surface area contributed by atoms with Crippen molar-refractivity contribution in [2.24, 2.45) is 0 Å². The molecule has 0 amide bonds. The Kier molecular flexibility index (Phi) is 4.76. The second-order valence-electron chi connectivity index (χ2n) is 1.95. The second-order valence-corrected chi connectivity index (χ2v) is 2.89. The molecule has 0 saturated carbocycles. The molecule has 58 valence electrons. The number of anilines is 2. The van der Waals surface area contributed by atoms with Crippen LogP contribution in [0.5, 0.6) is 0 Å². The highest BCUT2D eigenvalue weighted by molar-refractivity contribution is 7.14. The van der Waals surface area contributed by atoms with Gasteiger partial charge in [-0.15, -0.1) is 11.3 Å². The van der Waals surface area contributed by atoms with Crippen LogP contribution in [0.3, 0.4) is 0 Å². The minimum absolute atomic E-state index is 0.685. The quantitative estimate of drug-likeness (QED) is 0.609. The van der Waals surface area contributed by atoms with Crippen LogP contribution in [0.1, 0.15) is 20.3 Å². The van der Waals surface area contributed by atoms with Gasteiger partial charge in [-0.2, -0.15) is 0 Å². The molecule has 0 aliphatic rings. The van der Waals surface area contributed by atoms with E-state index in [9.17, 15) is 0 Å². The van der Waals surface area contributed by atoms with Crippen molar-refractivity contribution in [3.8, 4) is 0 Å². The molecule has 0 unspecified atom stereocenters. The standard InChI is InChI=1S/C4H6N2S.C3H8/c5-3-1-2-7-4(3)6;1-3-2/h1-2H,5-6H2;3H2,1-2H3. The minimum atomic E-state index is 0.685. The second kappa shape index (κ2) is 5.11. The number of hydrogen-bond acceptors (Lipinski definition) is 3. The molecule has 3 heteroatoms. The molecule has 0 fully saturated rings. The van der Waals surface area contributed by atoms with Crippen LogP contribution in [0.15, 0.2) is 11.4 Å². The number of nitrogens with two attached hydrogens (primary N) is 2. The van der Waals surface area contributed by atoms with Gasteiger partial charge in [0.2, 0.25) is 0 Å². The number of thiophene rings is 1. The monoisotopic (exact) mass is 158 g/mol. The third-order valence-electron chi connectivity index (χ3n) is 0.727. The molecule has 0 aromatic carbocycles. The molecule has 1 rings (SSSR count). The van der Waals surface area contributed by atoms with Gasteiger partial charge in [-0.25, -0.2) is 0 Å². The zero-order valence-corrected chi connectivity index (χ0v) is 7.24. The van der Waals surface area contributed by atoms with Crippen LogP contribution < -0.4 is 11.5 Å². The van der Waals surface area contributed by atoms with Crippen LogP contribution in [0.4, 0.5) is 10.7 Å². The van der Waals surface area contributed by atoms with E-state index < -0.39 is 0 Å². The average molecular weight is 158 g/mol. The van der Waals surface area contributed by atoms with Gasteiger partial charge >= 0.3 is 0 Å². The van der Waals surface area contributed by atoms with Gasteiger partial charge in [0.05, 0.1) is 5.69 Å². The summed E-state index contributed by atoms with van der Waals surface area (Å²) in [5.74, 6) is 0. The fraction of sp³-hybridized carbons (Fsp3) is 0.429. The lowest BCUT2D eigenvalue weighted by Crippen LogP contribution is -1.86. The van der Waals surface area contributed by atoms with E-state index in [0.717, 1.165) is 0 Å². The Hall–Kier alpha value is -0.700. The third kappa shape index (κ3) is 3.35. The first-order valence-corrected chi connectivity index (χ1v) is 4.18. The topological polar surface area (TPSA) is 52.0 Å². The van der Waals surface area contributed by atoms with Crippen LogP contribution in [-0.4, -0.2) is 0 Å². The van der Waals surface area contributed by atoms with Gasteiger partial charge in [0.15, 0.2) is 0 Å². The largest absolute Gasteiger partial charge is 0.396 e. The molecule has 0 aliphatic heterocycles. The summed E-state index contributed by atoms with van der Waals surface area (Å²) in [6.07, 6.45) is 1.25. The maximum atomic E-state index is 5.33. The van der Waals surface area contributed by atoms with Crippen molar-refractivity contribution in [1.29, 1.82) is 0 Å². The SMILES string of the molecule is CCC.Nc1ccsc1N. The Morgan fingerprint density at radius 3 is 2.00 bits per heavy atom. The van der Waals surface area contributed by atoms with Crippen LogP contribution in [0, 0.1) is 0 Å². The van der Waals surface area contributed by atoms with Crippen LogP contribution in [0.25, 0.3) is 0 Å². The molecule has 0 atom stereocenters. The normalized spacial score (nSPS) is 8.20. The summed E-state index contributed by atoms with van der Waals surface area (Å²) >= 11 is 1.46. The first-order chi connectivity index (χ1) is 4.72. The predicted octanol–water partition coefficient (Wildman–Crippen LogP) is 2.33. The van der Waals surface area contributed by atoms with Crippen molar-refractivity contribution in [1.82, 2.24) is 0 Å². The van der Waals surface area contributed by atoms with E-state index in [0.29, 0.717) is 10.7 Å². The van der Waals surface area contributed by atoms with Crippen LogP contribution >= 0.6 is 11.3 Å². The smallest absolute Gasteiger partial charge is 0.109 e. The van der Waals surface area contributed by atoms with Crippen molar-refractivity contribution in [3.63, 3.8) is 0 Å². The van der Waals surface area contributed by atoms with Crippen molar-refractivity contribution in [2.75, 3.05) is 11.5 Å².